The van der Waals surface area contributed by atoms with E-state index in [1.807, 2.05) is 14.1 Å². The van der Waals surface area contributed by atoms with Gasteiger partial charge < -0.3 is 10.2 Å². The molecule has 2 heterocycles. The summed E-state index contributed by atoms with van der Waals surface area (Å²) in [4.78, 5) is 31.5. The Morgan fingerprint density at radius 3 is 2.60 bits per heavy atom. The maximum atomic E-state index is 12.6. The van der Waals surface area contributed by atoms with Gasteiger partial charge in [-0.05, 0) is 26.9 Å². The van der Waals surface area contributed by atoms with Gasteiger partial charge in [0, 0.05) is 26.2 Å². The molecule has 1 saturated carbocycles. The van der Waals surface area contributed by atoms with Crippen LogP contribution in [0.1, 0.15) is 37.5 Å². The highest BCUT2D eigenvalue weighted by Gasteiger charge is 2.24. The van der Waals surface area contributed by atoms with Crippen molar-refractivity contribution in [1.29, 1.82) is 0 Å². The van der Waals surface area contributed by atoms with Crippen LogP contribution in [0.15, 0.2) is 9.59 Å². The molecule has 0 aromatic carbocycles. The number of nitrogens with zero attached hydrogens (tertiary/aromatic N) is 6. The van der Waals surface area contributed by atoms with Gasteiger partial charge in [-0.15, -0.1) is 10.2 Å². The van der Waals surface area contributed by atoms with Crippen LogP contribution in [-0.2, 0) is 13.6 Å². The first kappa shape index (κ1) is 17.7. The fourth-order valence-electron chi connectivity index (χ4n) is 3.23. The van der Waals surface area contributed by atoms with E-state index in [1.165, 1.54) is 7.05 Å². The summed E-state index contributed by atoms with van der Waals surface area (Å²) < 4.78 is 2.73. The molecule has 0 aliphatic heterocycles. The predicted molar refractivity (Wildman–Crippen MR) is 94.6 cm³/mol. The second kappa shape index (κ2) is 7.40. The lowest BCUT2D eigenvalue weighted by molar-refractivity contribution is 0.398. The lowest BCUT2D eigenvalue weighted by atomic mass is 10.2. The number of hydrogen-bond donors (Lipinski definition) is 1. The van der Waals surface area contributed by atoms with Gasteiger partial charge in [-0.2, -0.15) is 0 Å². The van der Waals surface area contributed by atoms with Crippen molar-refractivity contribution in [2.75, 3.05) is 27.2 Å². The summed E-state index contributed by atoms with van der Waals surface area (Å²) in [5.41, 5.74) is -0.235. The molecule has 0 saturated heterocycles. The van der Waals surface area contributed by atoms with E-state index in [0.29, 0.717) is 18.0 Å². The molecule has 2 aromatic heterocycles. The summed E-state index contributed by atoms with van der Waals surface area (Å²) >= 11 is 0. The molecular formula is C16H25N7O2. The van der Waals surface area contributed by atoms with Gasteiger partial charge >= 0.3 is 5.69 Å². The summed E-state index contributed by atoms with van der Waals surface area (Å²) in [5.74, 6) is 0.458. The van der Waals surface area contributed by atoms with Crippen LogP contribution in [0.3, 0.4) is 0 Å². The summed E-state index contributed by atoms with van der Waals surface area (Å²) in [7, 11) is 5.50. The maximum Gasteiger partial charge on any atom is 0.332 e. The monoisotopic (exact) mass is 347 g/mol. The largest absolute Gasteiger partial charge is 0.332 e. The smallest absolute Gasteiger partial charge is 0.308 e. The van der Waals surface area contributed by atoms with Crippen molar-refractivity contribution in [3.63, 3.8) is 0 Å². The standard InChI is InChI=1S/C16H25N7O2/c1-21(2)9-8-17-10-12-18-13-14(20-19-12)23(11-6-4-5-7-11)16(25)22(3)15(13)24/h11,17H,4-10H2,1-3H3. The van der Waals surface area contributed by atoms with Crippen LogP contribution in [-0.4, -0.2) is 56.4 Å². The van der Waals surface area contributed by atoms with E-state index >= 15 is 0 Å². The summed E-state index contributed by atoms with van der Waals surface area (Å²) in [6.45, 7) is 2.11. The van der Waals surface area contributed by atoms with Gasteiger partial charge in [-0.25, -0.2) is 9.78 Å². The molecule has 0 bridgehead atoms. The van der Waals surface area contributed by atoms with Crippen molar-refractivity contribution >= 4 is 11.2 Å². The Kier molecular flexibility index (Phi) is 5.24. The van der Waals surface area contributed by atoms with Crippen molar-refractivity contribution < 1.29 is 0 Å². The van der Waals surface area contributed by atoms with Gasteiger partial charge in [-0.3, -0.25) is 13.9 Å². The van der Waals surface area contributed by atoms with Crippen LogP contribution >= 0.6 is 0 Å². The molecule has 1 aliphatic carbocycles. The minimum absolute atomic E-state index is 0.0713. The second-order valence-corrected chi connectivity index (χ2v) is 6.84. The Labute approximate surface area is 145 Å². The zero-order valence-electron chi connectivity index (χ0n) is 15.0. The van der Waals surface area contributed by atoms with E-state index < -0.39 is 5.56 Å². The molecule has 136 valence electrons. The van der Waals surface area contributed by atoms with Gasteiger partial charge in [0.2, 0.25) is 0 Å². The Morgan fingerprint density at radius 2 is 1.92 bits per heavy atom. The zero-order valence-corrected chi connectivity index (χ0v) is 15.0. The van der Waals surface area contributed by atoms with Gasteiger partial charge in [0.1, 0.15) is 0 Å². The first-order valence-electron chi connectivity index (χ1n) is 8.69. The third-order valence-corrected chi connectivity index (χ3v) is 4.65. The summed E-state index contributed by atoms with van der Waals surface area (Å²) in [6.07, 6.45) is 4.00. The molecule has 0 unspecified atom stereocenters. The minimum atomic E-state index is -0.418. The number of aromatic nitrogens is 5. The van der Waals surface area contributed by atoms with Crippen molar-refractivity contribution in [3.8, 4) is 0 Å². The van der Waals surface area contributed by atoms with E-state index in [2.05, 4.69) is 25.4 Å². The third kappa shape index (κ3) is 3.62. The van der Waals surface area contributed by atoms with Crippen molar-refractivity contribution in [2.24, 2.45) is 7.05 Å². The predicted octanol–water partition coefficient (Wildman–Crippen LogP) is -0.348. The van der Waals surface area contributed by atoms with Crippen LogP contribution < -0.4 is 16.6 Å². The maximum absolute atomic E-state index is 12.6. The highest BCUT2D eigenvalue weighted by Crippen LogP contribution is 2.29. The fraction of sp³-hybridized carbons (Fsp3) is 0.688. The second-order valence-electron chi connectivity index (χ2n) is 6.84. The number of rotatable bonds is 6. The van der Waals surface area contributed by atoms with Gasteiger partial charge in [0.15, 0.2) is 17.0 Å². The molecule has 0 spiro atoms. The molecule has 1 aliphatic rings. The molecule has 9 heteroatoms. The van der Waals surface area contributed by atoms with Gasteiger partial charge in [0.25, 0.3) is 5.56 Å². The minimum Gasteiger partial charge on any atom is -0.308 e. The molecule has 2 aromatic rings. The summed E-state index contributed by atoms with van der Waals surface area (Å²) in [5, 5.41) is 11.5. The quantitative estimate of drug-likeness (QED) is 0.713. The van der Waals surface area contributed by atoms with Crippen LogP contribution in [0.5, 0.6) is 0 Å². The van der Waals surface area contributed by atoms with Crippen LogP contribution in [0.4, 0.5) is 0 Å². The van der Waals surface area contributed by atoms with E-state index in [9.17, 15) is 9.59 Å². The average molecular weight is 347 g/mol. The molecular weight excluding hydrogens is 322 g/mol. The van der Waals surface area contributed by atoms with E-state index in [-0.39, 0.29) is 17.2 Å². The third-order valence-electron chi connectivity index (χ3n) is 4.65. The van der Waals surface area contributed by atoms with E-state index in [0.717, 1.165) is 43.3 Å². The van der Waals surface area contributed by atoms with E-state index in [1.54, 1.807) is 4.57 Å². The molecule has 1 N–H and O–H groups in total. The van der Waals surface area contributed by atoms with Gasteiger partial charge in [-0.1, -0.05) is 12.8 Å². The van der Waals surface area contributed by atoms with Gasteiger partial charge in [0.05, 0.1) is 6.54 Å². The molecule has 25 heavy (non-hydrogen) atoms. The highest BCUT2D eigenvalue weighted by atomic mass is 16.2. The lowest BCUT2D eigenvalue weighted by Gasteiger charge is -2.16. The van der Waals surface area contributed by atoms with Crippen LogP contribution in [0.25, 0.3) is 11.2 Å². The Hall–Kier alpha value is -2.13. The Morgan fingerprint density at radius 1 is 1.20 bits per heavy atom. The van der Waals surface area contributed by atoms with Crippen LogP contribution in [0, 0.1) is 0 Å². The molecule has 0 radical (unpaired) electrons. The van der Waals surface area contributed by atoms with Crippen molar-refractivity contribution in [1.82, 2.24) is 34.5 Å². The Balaban J connectivity index is 1.96. The fourth-order valence-corrected chi connectivity index (χ4v) is 3.23. The molecule has 1 fully saturated rings. The summed E-state index contributed by atoms with van der Waals surface area (Å²) in [6, 6.07) is 0.0713. The average Bonchev–Trinajstić information content (AvgIpc) is 3.11. The van der Waals surface area contributed by atoms with Crippen LogP contribution in [0.2, 0.25) is 0 Å². The number of likely N-dealkylation sites (N-methyl/N-ethyl adjacent to an activating group) is 1. The topological polar surface area (TPSA) is 97.9 Å². The van der Waals surface area contributed by atoms with Crippen molar-refractivity contribution in [3.05, 3.63) is 26.7 Å². The van der Waals surface area contributed by atoms with E-state index in [4.69, 9.17) is 0 Å². The number of nitrogens with one attached hydrogen (secondary N) is 1. The number of hydrogen-bond acceptors (Lipinski definition) is 7. The number of fused-ring (bicyclic) bond motifs is 1. The van der Waals surface area contributed by atoms with Crippen molar-refractivity contribution in [2.45, 2.75) is 38.3 Å². The Bertz CT molecular complexity index is 865. The first-order chi connectivity index (χ1) is 12.0. The highest BCUT2D eigenvalue weighted by molar-refractivity contribution is 5.68. The molecule has 9 nitrogen and oxygen atoms in total. The molecule has 0 amide bonds. The molecule has 3 rings (SSSR count). The first-order valence-corrected chi connectivity index (χ1v) is 8.69. The lowest BCUT2D eigenvalue weighted by Crippen LogP contribution is -2.40. The SMILES string of the molecule is CN(C)CCNCc1nnc2c(n1)c(=O)n(C)c(=O)n2C1CCCC1. The normalized spacial score (nSPS) is 15.5. The zero-order chi connectivity index (χ0) is 18.0. The molecule has 0 atom stereocenters.